The van der Waals surface area contributed by atoms with Crippen LogP contribution in [-0.2, 0) is 7.05 Å². The van der Waals surface area contributed by atoms with Gasteiger partial charge < -0.3 is 14.8 Å². The van der Waals surface area contributed by atoms with Gasteiger partial charge in [0.2, 0.25) is 0 Å². The van der Waals surface area contributed by atoms with Gasteiger partial charge in [-0.25, -0.2) is 4.98 Å². The third-order valence-corrected chi connectivity index (χ3v) is 6.67. The Morgan fingerprint density at radius 1 is 1.23 bits per heavy atom. The average molecular weight is 458 g/mol. The molecule has 3 heterocycles. The van der Waals surface area contributed by atoms with Crippen molar-refractivity contribution < 1.29 is 0 Å². The van der Waals surface area contributed by atoms with E-state index in [0.29, 0.717) is 11.7 Å². The zero-order valence-corrected chi connectivity index (χ0v) is 20.0. The van der Waals surface area contributed by atoms with Gasteiger partial charge in [0.05, 0.1) is 10.7 Å². The maximum Gasteiger partial charge on any atom is 0.271 e. The van der Waals surface area contributed by atoms with Crippen molar-refractivity contribution in [2.45, 2.75) is 46.1 Å². The maximum absolute atomic E-state index is 12.8. The van der Waals surface area contributed by atoms with Crippen molar-refractivity contribution in [3.8, 4) is 6.07 Å². The first-order valence-corrected chi connectivity index (χ1v) is 11.8. The number of nitrogens with one attached hydrogen (secondary N) is 1. The molecule has 0 aliphatic carbocycles. The molecule has 6 nitrogen and oxygen atoms in total. The number of anilines is 2. The van der Waals surface area contributed by atoms with Gasteiger partial charge in [0.1, 0.15) is 22.0 Å². The molecule has 1 fully saturated rings. The summed E-state index contributed by atoms with van der Waals surface area (Å²) in [6.45, 7) is 7.49. The van der Waals surface area contributed by atoms with E-state index in [-0.39, 0.29) is 11.1 Å². The van der Waals surface area contributed by atoms with E-state index in [9.17, 15) is 10.1 Å². The fourth-order valence-corrected chi connectivity index (χ4v) is 4.93. The van der Waals surface area contributed by atoms with Crippen LogP contribution in [0.2, 0.25) is 5.02 Å². The Morgan fingerprint density at radius 3 is 2.61 bits per heavy atom. The molecule has 1 unspecified atom stereocenters. The topological polar surface area (TPSA) is 74.0 Å². The number of halogens is 1. The predicted molar refractivity (Wildman–Crippen MR) is 131 cm³/mol. The summed E-state index contributed by atoms with van der Waals surface area (Å²) in [4.78, 5) is 20.4. The molecule has 0 bridgehead atoms. The van der Waals surface area contributed by atoms with Gasteiger partial charge in [-0.05, 0) is 50.5 Å². The van der Waals surface area contributed by atoms with Gasteiger partial charge in [-0.1, -0.05) is 25.4 Å². The largest absolute Gasteiger partial charge is 0.382 e. The summed E-state index contributed by atoms with van der Waals surface area (Å²) in [5, 5.41) is 14.9. The van der Waals surface area contributed by atoms with E-state index < -0.39 is 0 Å². The fraction of sp³-hybridized carbons (Fsp3) is 0.435. The number of pyridine rings is 1. The van der Waals surface area contributed by atoms with Gasteiger partial charge in [0.25, 0.3) is 5.56 Å². The van der Waals surface area contributed by atoms with E-state index in [2.05, 4.69) is 21.3 Å². The molecule has 1 aromatic carbocycles. The van der Waals surface area contributed by atoms with E-state index in [1.54, 1.807) is 11.6 Å². The lowest BCUT2D eigenvalue weighted by Crippen LogP contribution is -2.31. The average Bonchev–Trinajstić information content (AvgIpc) is 3.02. The minimum Gasteiger partial charge on any atom is -0.382 e. The number of rotatable bonds is 3. The molecule has 31 heavy (non-hydrogen) atoms. The molecular weight excluding hydrogens is 430 g/mol. The van der Waals surface area contributed by atoms with Crippen molar-refractivity contribution in [2.75, 3.05) is 23.3 Å². The summed E-state index contributed by atoms with van der Waals surface area (Å²) >= 11 is 7.47. The van der Waals surface area contributed by atoms with E-state index in [0.717, 1.165) is 58.4 Å². The van der Waals surface area contributed by atoms with E-state index >= 15 is 0 Å². The number of aryl methyl sites for hydroxylation is 2. The molecule has 0 amide bonds. The molecule has 1 N–H and O–H groups in total. The van der Waals surface area contributed by atoms with Crippen LogP contribution < -0.4 is 15.8 Å². The molecule has 2 aromatic heterocycles. The molecule has 0 spiro atoms. The number of nitriles is 1. The quantitative estimate of drug-likeness (QED) is 0.575. The number of nitrogens with zero attached hydrogens (tertiary/aromatic N) is 4. The SMILES string of the molecule is CC.Cc1nc2c(N3CCCC(Nc4ccc(Cl)cc4)CC3)c(C#N)c(=O)n(C)c2s1. The second-order valence-electron chi connectivity index (χ2n) is 7.35. The zero-order valence-electron chi connectivity index (χ0n) is 18.4. The summed E-state index contributed by atoms with van der Waals surface area (Å²) in [6, 6.07) is 10.2. The molecule has 1 saturated heterocycles. The number of fused-ring (bicyclic) bond motifs is 1. The highest BCUT2D eigenvalue weighted by molar-refractivity contribution is 7.18. The third kappa shape index (κ3) is 4.86. The van der Waals surface area contributed by atoms with Gasteiger partial charge in [-0.2, -0.15) is 5.26 Å². The van der Waals surface area contributed by atoms with Gasteiger partial charge in [0, 0.05) is 36.9 Å². The van der Waals surface area contributed by atoms with Crippen LogP contribution in [0, 0.1) is 18.3 Å². The minimum atomic E-state index is -0.251. The van der Waals surface area contributed by atoms with Crippen molar-refractivity contribution in [1.29, 1.82) is 5.26 Å². The first-order valence-electron chi connectivity index (χ1n) is 10.6. The summed E-state index contributed by atoms with van der Waals surface area (Å²) < 4.78 is 1.55. The molecule has 1 aliphatic rings. The first-order chi connectivity index (χ1) is 15.0. The molecule has 3 aromatic rings. The monoisotopic (exact) mass is 457 g/mol. The van der Waals surface area contributed by atoms with E-state index in [1.807, 2.05) is 45.0 Å². The number of thiazole rings is 1. The molecule has 0 saturated carbocycles. The Kier molecular flexibility index (Phi) is 7.58. The van der Waals surface area contributed by atoms with Crippen molar-refractivity contribution in [3.63, 3.8) is 0 Å². The molecule has 1 atom stereocenters. The summed E-state index contributed by atoms with van der Waals surface area (Å²) in [7, 11) is 1.71. The predicted octanol–water partition coefficient (Wildman–Crippen LogP) is 5.33. The minimum absolute atomic E-state index is 0.189. The maximum atomic E-state index is 12.8. The van der Waals surface area contributed by atoms with Crippen LogP contribution >= 0.6 is 22.9 Å². The number of benzene rings is 1. The van der Waals surface area contributed by atoms with Crippen LogP contribution in [0.15, 0.2) is 29.1 Å². The van der Waals surface area contributed by atoms with E-state index in [4.69, 9.17) is 11.6 Å². The Balaban J connectivity index is 0.00000132. The summed E-state index contributed by atoms with van der Waals surface area (Å²) in [6.07, 6.45) is 2.90. The number of aromatic nitrogens is 2. The summed E-state index contributed by atoms with van der Waals surface area (Å²) in [5.41, 5.74) is 2.45. The Hall–Kier alpha value is -2.56. The van der Waals surface area contributed by atoms with Crippen LogP contribution in [0.3, 0.4) is 0 Å². The second kappa shape index (κ2) is 10.2. The highest BCUT2D eigenvalue weighted by Crippen LogP contribution is 2.33. The van der Waals surface area contributed by atoms with Crippen LogP contribution in [0.25, 0.3) is 10.3 Å². The fourth-order valence-electron chi connectivity index (χ4n) is 3.93. The smallest absolute Gasteiger partial charge is 0.271 e. The lowest BCUT2D eigenvalue weighted by atomic mass is 10.1. The van der Waals surface area contributed by atoms with Crippen molar-refractivity contribution in [3.05, 3.63) is 50.2 Å². The Labute approximate surface area is 192 Å². The van der Waals surface area contributed by atoms with E-state index in [1.165, 1.54) is 11.3 Å². The molecule has 1 aliphatic heterocycles. The highest BCUT2D eigenvalue weighted by atomic mass is 35.5. The van der Waals surface area contributed by atoms with Crippen LogP contribution in [-0.4, -0.2) is 28.7 Å². The van der Waals surface area contributed by atoms with Gasteiger partial charge in [0.15, 0.2) is 0 Å². The highest BCUT2D eigenvalue weighted by Gasteiger charge is 2.25. The number of hydrogen-bond donors (Lipinski definition) is 1. The Morgan fingerprint density at radius 2 is 1.94 bits per heavy atom. The van der Waals surface area contributed by atoms with Crippen molar-refractivity contribution in [1.82, 2.24) is 9.55 Å². The Bertz CT molecular complexity index is 1150. The van der Waals surface area contributed by atoms with Crippen LogP contribution in [0.1, 0.15) is 43.7 Å². The van der Waals surface area contributed by atoms with Crippen molar-refractivity contribution >= 4 is 44.7 Å². The standard InChI is InChI=1S/C21H22ClN5OS.C2H6/c1-13-24-18-19(17(12-23)20(28)26(2)21(18)29-13)27-10-3-4-15(9-11-27)25-16-7-5-14(22)6-8-16;1-2/h5-8,15,25H,3-4,9-11H2,1-2H3;1-2H3. The molecule has 8 heteroatoms. The normalized spacial score (nSPS) is 16.3. The zero-order chi connectivity index (χ0) is 22.5. The second-order valence-corrected chi connectivity index (χ2v) is 8.97. The van der Waals surface area contributed by atoms with Gasteiger partial charge in [-0.3, -0.25) is 4.79 Å². The number of hydrogen-bond acceptors (Lipinski definition) is 6. The lowest BCUT2D eigenvalue weighted by Gasteiger charge is -2.24. The lowest BCUT2D eigenvalue weighted by molar-refractivity contribution is 0.640. The van der Waals surface area contributed by atoms with Crippen LogP contribution in [0.4, 0.5) is 11.4 Å². The first kappa shape index (κ1) is 23.1. The van der Waals surface area contributed by atoms with Gasteiger partial charge >= 0.3 is 0 Å². The molecular formula is C23H28ClN5OS. The molecule has 4 rings (SSSR count). The van der Waals surface area contributed by atoms with Gasteiger partial charge in [-0.15, -0.1) is 11.3 Å². The molecule has 164 valence electrons. The van der Waals surface area contributed by atoms with Crippen LogP contribution in [0.5, 0.6) is 0 Å². The molecule has 0 radical (unpaired) electrons. The third-order valence-electron chi connectivity index (χ3n) is 5.37. The summed E-state index contributed by atoms with van der Waals surface area (Å²) in [5.74, 6) is 0. The van der Waals surface area contributed by atoms with Crippen molar-refractivity contribution in [2.24, 2.45) is 7.05 Å².